The van der Waals surface area contributed by atoms with Gasteiger partial charge in [-0.1, -0.05) is 19.4 Å². The first kappa shape index (κ1) is 15.2. The van der Waals surface area contributed by atoms with Crippen molar-refractivity contribution in [1.82, 2.24) is 15.0 Å². The molecule has 2 aromatic rings. The van der Waals surface area contributed by atoms with Gasteiger partial charge in [-0.05, 0) is 54.5 Å². The van der Waals surface area contributed by atoms with Crippen molar-refractivity contribution >= 4 is 28.4 Å². The van der Waals surface area contributed by atoms with E-state index in [1.807, 2.05) is 19.1 Å². The van der Waals surface area contributed by atoms with E-state index in [-0.39, 0.29) is 0 Å². The molecule has 0 atom stereocenters. The van der Waals surface area contributed by atoms with Crippen LogP contribution >= 0.6 is 22.6 Å². The third-order valence-electron chi connectivity index (χ3n) is 2.97. The minimum absolute atomic E-state index is 0.711. The van der Waals surface area contributed by atoms with Gasteiger partial charge in [-0.15, -0.1) is 0 Å². The Hall–Kier alpha value is -1.24. The highest BCUT2D eigenvalue weighted by Gasteiger charge is 2.14. The fourth-order valence-corrected chi connectivity index (χ4v) is 2.71. The maximum Gasteiger partial charge on any atom is 0.180 e. The highest BCUT2D eigenvalue weighted by molar-refractivity contribution is 14.1. The van der Waals surface area contributed by atoms with Gasteiger partial charge in [-0.3, -0.25) is 4.98 Å². The summed E-state index contributed by atoms with van der Waals surface area (Å²) in [7, 11) is 0. The molecule has 0 bridgehead atoms. The molecule has 0 aliphatic heterocycles. The van der Waals surface area contributed by atoms with Crippen LogP contribution in [0, 0.1) is 10.5 Å². The Kier molecular flexibility index (Phi) is 5.28. The van der Waals surface area contributed by atoms with Crippen LogP contribution in [0.1, 0.15) is 31.5 Å². The molecule has 0 aliphatic carbocycles. The van der Waals surface area contributed by atoms with E-state index in [0.29, 0.717) is 5.82 Å². The first-order valence-electron chi connectivity index (χ1n) is 6.89. The molecule has 0 saturated heterocycles. The molecule has 1 N–H and O–H groups in total. The lowest BCUT2D eigenvalue weighted by atomic mass is 10.2. The summed E-state index contributed by atoms with van der Waals surface area (Å²) in [6, 6.07) is 3.97. The predicted molar refractivity (Wildman–Crippen MR) is 90.9 cm³/mol. The molecule has 5 heteroatoms. The first-order chi connectivity index (χ1) is 9.67. The molecule has 20 heavy (non-hydrogen) atoms. The van der Waals surface area contributed by atoms with Crippen molar-refractivity contribution in [3.8, 4) is 11.5 Å². The Balaban J connectivity index is 2.56. The molecule has 4 nitrogen and oxygen atoms in total. The zero-order valence-corrected chi connectivity index (χ0v) is 14.2. The monoisotopic (exact) mass is 382 g/mol. The molecule has 0 unspecified atom stereocenters. The summed E-state index contributed by atoms with van der Waals surface area (Å²) >= 11 is 2.32. The van der Waals surface area contributed by atoms with E-state index in [1.165, 1.54) is 0 Å². The lowest BCUT2D eigenvalue weighted by Crippen LogP contribution is -2.09. The SMILES string of the molecule is CCCc1nc(-c2ncccc2C)nc(NCC)c1I. The minimum atomic E-state index is 0.711. The number of hydrogen-bond acceptors (Lipinski definition) is 4. The van der Waals surface area contributed by atoms with Crippen molar-refractivity contribution in [1.29, 1.82) is 0 Å². The molecular formula is C15H19IN4. The third-order valence-corrected chi connectivity index (χ3v) is 4.11. The van der Waals surface area contributed by atoms with Gasteiger partial charge in [-0.2, -0.15) is 0 Å². The molecule has 0 amide bonds. The zero-order chi connectivity index (χ0) is 14.5. The van der Waals surface area contributed by atoms with Gasteiger partial charge < -0.3 is 5.32 Å². The summed E-state index contributed by atoms with van der Waals surface area (Å²) in [4.78, 5) is 13.8. The Bertz CT molecular complexity index is 571. The average Bonchev–Trinajstić information content (AvgIpc) is 2.44. The summed E-state index contributed by atoms with van der Waals surface area (Å²) in [6.45, 7) is 7.12. The van der Waals surface area contributed by atoms with Gasteiger partial charge in [0, 0.05) is 12.7 Å². The standard InChI is InChI=1S/C15H19IN4/c1-4-7-11-12(16)14(17-5-2)20-15(19-11)13-10(3)8-6-9-18-13/h6,8-9H,4-5,7H2,1-3H3,(H,17,19,20). The molecule has 0 spiro atoms. The molecular weight excluding hydrogens is 363 g/mol. The van der Waals surface area contributed by atoms with Gasteiger partial charge in [0.15, 0.2) is 5.82 Å². The van der Waals surface area contributed by atoms with Crippen LogP contribution in [0.5, 0.6) is 0 Å². The second-order valence-electron chi connectivity index (χ2n) is 4.61. The fraction of sp³-hybridized carbons (Fsp3) is 0.400. The van der Waals surface area contributed by atoms with E-state index >= 15 is 0 Å². The quantitative estimate of drug-likeness (QED) is 0.799. The van der Waals surface area contributed by atoms with Crippen LogP contribution in [0.3, 0.4) is 0 Å². The van der Waals surface area contributed by atoms with E-state index in [9.17, 15) is 0 Å². The lowest BCUT2D eigenvalue weighted by Gasteiger charge is -2.12. The highest BCUT2D eigenvalue weighted by Crippen LogP contribution is 2.25. The Morgan fingerprint density at radius 3 is 2.70 bits per heavy atom. The van der Waals surface area contributed by atoms with Crippen molar-refractivity contribution in [2.45, 2.75) is 33.6 Å². The van der Waals surface area contributed by atoms with Crippen LogP contribution < -0.4 is 5.32 Å². The van der Waals surface area contributed by atoms with Crippen molar-refractivity contribution in [2.75, 3.05) is 11.9 Å². The van der Waals surface area contributed by atoms with Crippen LogP contribution in [0.2, 0.25) is 0 Å². The number of aryl methyl sites for hydroxylation is 2. The highest BCUT2D eigenvalue weighted by atomic mass is 127. The molecule has 0 aliphatic rings. The first-order valence-corrected chi connectivity index (χ1v) is 7.97. The maximum absolute atomic E-state index is 4.71. The Labute approximate surface area is 133 Å². The molecule has 0 fully saturated rings. The third kappa shape index (κ3) is 3.26. The van der Waals surface area contributed by atoms with E-state index in [2.05, 4.69) is 51.7 Å². The predicted octanol–water partition coefficient (Wildman–Crippen LogP) is 3.84. The molecule has 2 heterocycles. The van der Waals surface area contributed by atoms with Gasteiger partial charge in [0.25, 0.3) is 0 Å². The number of anilines is 1. The maximum atomic E-state index is 4.71. The molecule has 0 radical (unpaired) electrons. The van der Waals surface area contributed by atoms with Gasteiger partial charge in [-0.25, -0.2) is 9.97 Å². The second kappa shape index (κ2) is 6.97. The number of nitrogens with zero attached hydrogens (tertiary/aromatic N) is 3. The van der Waals surface area contributed by atoms with Crippen molar-refractivity contribution in [3.05, 3.63) is 33.2 Å². The normalized spacial score (nSPS) is 10.6. The molecule has 2 aromatic heterocycles. The summed E-state index contributed by atoms with van der Waals surface area (Å²) in [5, 5.41) is 3.32. The molecule has 106 valence electrons. The van der Waals surface area contributed by atoms with Gasteiger partial charge >= 0.3 is 0 Å². The van der Waals surface area contributed by atoms with E-state index in [1.54, 1.807) is 6.20 Å². The number of nitrogens with one attached hydrogen (secondary N) is 1. The lowest BCUT2D eigenvalue weighted by molar-refractivity contribution is 0.865. The fourth-order valence-electron chi connectivity index (χ4n) is 2.01. The smallest absolute Gasteiger partial charge is 0.180 e. The molecule has 0 aromatic carbocycles. The largest absolute Gasteiger partial charge is 0.369 e. The van der Waals surface area contributed by atoms with Crippen molar-refractivity contribution in [2.24, 2.45) is 0 Å². The summed E-state index contributed by atoms with van der Waals surface area (Å²) < 4.78 is 1.11. The van der Waals surface area contributed by atoms with Crippen molar-refractivity contribution < 1.29 is 0 Å². The van der Waals surface area contributed by atoms with Gasteiger partial charge in [0.2, 0.25) is 0 Å². The van der Waals surface area contributed by atoms with Gasteiger partial charge in [0.05, 0.1) is 9.26 Å². The minimum Gasteiger partial charge on any atom is -0.369 e. The number of rotatable bonds is 5. The molecule has 0 saturated carbocycles. The van der Waals surface area contributed by atoms with Crippen LogP contribution in [0.4, 0.5) is 5.82 Å². The van der Waals surface area contributed by atoms with Crippen LogP contribution in [-0.4, -0.2) is 21.5 Å². The van der Waals surface area contributed by atoms with Crippen molar-refractivity contribution in [3.63, 3.8) is 0 Å². The Morgan fingerprint density at radius 2 is 2.05 bits per heavy atom. The summed E-state index contributed by atoms with van der Waals surface area (Å²) in [5.74, 6) is 1.62. The topological polar surface area (TPSA) is 50.7 Å². The number of hydrogen-bond donors (Lipinski definition) is 1. The summed E-state index contributed by atoms with van der Waals surface area (Å²) in [6.07, 6.45) is 3.81. The number of pyridine rings is 1. The summed E-state index contributed by atoms with van der Waals surface area (Å²) in [5.41, 5.74) is 3.05. The van der Waals surface area contributed by atoms with Crippen LogP contribution in [0.15, 0.2) is 18.3 Å². The van der Waals surface area contributed by atoms with Gasteiger partial charge in [0.1, 0.15) is 11.5 Å². The van der Waals surface area contributed by atoms with E-state index in [4.69, 9.17) is 4.98 Å². The zero-order valence-electron chi connectivity index (χ0n) is 12.1. The van der Waals surface area contributed by atoms with Crippen LogP contribution in [0.25, 0.3) is 11.5 Å². The van der Waals surface area contributed by atoms with E-state index in [0.717, 1.165) is 45.7 Å². The van der Waals surface area contributed by atoms with Crippen LogP contribution in [-0.2, 0) is 6.42 Å². The average molecular weight is 382 g/mol. The van der Waals surface area contributed by atoms with E-state index < -0.39 is 0 Å². The number of aromatic nitrogens is 3. The Morgan fingerprint density at radius 1 is 1.25 bits per heavy atom. The molecule has 2 rings (SSSR count). The second-order valence-corrected chi connectivity index (χ2v) is 5.68. The number of halogens is 1.